The topological polar surface area (TPSA) is 67.6 Å². The highest BCUT2D eigenvalue weighted by atomic mass is 32.2. The van der Waals surface area contributed by atoms with Gasteiger partial charge in [0.1, 0.15) is 5.58 Å². The molecule has 30 heavy (non-hydrogen) atoms. The zero-order valence-electron chi connectivity index (χ0n) is 17.6. The number of nitrogens with zero attached hydrogens (tertiary/aromatic N) is 1. The van der Waals surface area contributed by atoms with Crippen molar-refractivity contribution in [3.05, 3.63) is 70.5 Å². The van der Waals surface area contributed by atoms with Crippen molar-refractivity contribution in [3.8, 4) is 0 Å². The molecule has 1 aliphatic heterocycles. The second kappa shape index (κ2) is 7.91. The minimum absolute atomic E-state index is 0.00413. The minimum atomic E-state index is -3.12. The highest BCUT2D eigenvalue weighted by molar-refractivity contribution is 7.91. The lowest BCUT2D eigenvalue weighted by molar-refractivity contribution is 0.0649. The van der Waals surface area contributed by atoms with Crippen molar-refractivity contribution in [1.82, 2.24) is 4.90 Å². The summed E-state index contributed by atoms with van der Waals surface area (Å²) in [5, 5.41) is 0.921. The maximum atomic E-state index is 13.6. The number of hydrogen-bond acceptors (Lipinski definition) is 4. The summed E-state index contributed by atoms with van der Waals surface area (Å²) < 4.78 is 30.2. The first-order chi connectivity index (χ1) is 14.3. The third kappa shape index (κ3) is 4.01. The summed E-state index contributed by atoms with van der Waals surface area (Å²) in [6.45, 7) is 6.35. The van der Waals surface area contributed by atoms with Gasteiger partial charge in [0.05, 0.1) is 11.5 Å². The maximum absolute atomic E-state index is 13.6. The van der Waals surface area contributed by atoms with Gasteiger partial charge in [0.15, 0.2) is 15.6 Å². The molecule has 2 heterocycles. The van der Waals surface area contributed by atoms with Crippen LogP contribution in [0.3, 0.4) is 0 Å². The summed E-state index contributed by atoms with van der Waals surface area (Å²) >= 11 is 0. The van der Waals surface area contributed by atoms with Crippen molar-refractivity contribution >= 4 is 26.7 Å². The van der Waals surface area contributed by atoms with E-state index in [1.54, 1.807) is 4.90 Å². The van der Waals surface area contributed by atoms with E-state index in [0.29, 0.717) is 24.3 Å². The molecule has 1 aliphatic rings. The van der Waals surface area contributed by atoms with Crippen LogP contribution in [0.25, 0.3) is 11.0 Å². The maximum Gasteiger partial charge on any atom is 0.290 e. The smallest absolute Gasteiger partial charge is 0.290 e. The average molecular weight is 426 g/mol. The molecule has 1 aromatic heterocycles. The Morgan fingerprint density at radius 1 is 1.10 bits per heavy atom. The van der Waals surface area contributed by atoms with Gasteiger partial charge in [-0.2, -0.15) is 0 Å². The summed E-state index contributed by atoms with van der Waals surface area (Å²) in [7, 11) is -3.12. The lowest BCUT2D eigenvalue weighted by Gasteiger charge is -2.28. The van der Waals surface area contributed by atoms with Crippen LogP contribution in [0.2, 0.25) is 0 Å². The van der Waals surface area contributed by atoms with Gasteiger partial charge in [-0.3, -0.25) is 4.79 Å². The zero-order valence-corrected chi connectivity index (χ0v) is 18.5. The van der Waals surface area contributed by atoms with Crippen molar-refractivity contribution in [2.75, 3.05) is 11.5 Å². The van der Waals surface area contributed by atoms with Crippen LogP contribution in [0.5, 0.6) is 0 Å². The molecule has 0 aliphatic carbocycles. The molecule has 0 saturated carbocycles. The molecule has 1 fully saturated rings. The molecule has 1 saturated heterocycles. The number of benzene rings is 2. The molecule has 3 aromatic rings. The van der Waals surface area contributed by atoms with Crippen LogP contribution in [0, 0.1) is 13.8 Å². The fourth-order valence-corrected chi connectivity index (χ4v) is 5.86. The normalized spacial score (nSPS) is 18.0. The number of carbonyl (C=O) groups excluding carboxylic acids is 1. The van der Waals surface area contributed by atoms with Gasteiger partial charge in [-0.15, -0.1) is 0 Å². The van der Waals surface area contributed by atoms with Gasteiger partial charge in [-0.1, -0.05) is 42.8 Å². The minimum Gasteiger partial charge on any atom is -0.451 e. The Bertz CT molecular complexity index is 1190. The van der Waals surface area contributed by atoms with E-state index >= 15 is 0 Å². The van der Waals surface area contributed by atoms with Gasteiger partial charge < -0.3 is 9.32 Å². The summed E-state index contributed by atoms with van der Waals surface area (Å²) in [5.41, 5.74) is 4.77. The molecule has 0 unspecified atom stereocenters. The number of fused-ring (bicyclic) bond motifs is 1. The number of hydrogen-bond donors (Lipinski definition) is 0. The molecule has 6 heteroatoms. The van der Waals surface area contributed by atoms with E-state index in [4.69, 9.17) is 4.42 Å². The van der Waals surface area contributed by atoms with Crippen molar-refractivity contribution in [2.24, 2.45) is 0 Å². The summed E-state index contributed by atoms with van der Waals surface area (Å²) in [6.07, 6.45) is 1.40. The van der Waals surface area contributed by atoms with E-state index in [-0.39, 0.29) is 23.5 Å². The number of carbonyl (C=O) groups is 1. The van der Waals surface area contributed by atoms with Gasteiger partial charge in [0, 0.05) is 23.5 Å². The summed E-state index contributed by atoms with van der Waals surface area (Å²) in [6, 6.07) is 13.6. The average Bonchev–Trinajstić information content (AvgIpc) is 3.25. The molecular formula is C24H27NO4S. The highest BCUT2D eigenvalue weighted by Crippen LogP contribution is 2.29. The molecule has 5 nitrogen and oxygen atoms in total. The van der Waals surface area contributed by atoms with Crippen LogP contribution in [0.15, 0.2) is 46.9 Å². The van der Waals surface area contributed by atoms with Gasteiger partial charge in [-0.05, 0) is 49.9 Å². The predicted molar refractivity (Wildman–Crippen MR) is 118 cm³/mol. The van der Waals surface area contributed by atoms with Gasteiger partial charge in [-0.25, -0.2) is 8.42 Å². The second-order valence-corrected chi connectivity index (χ2v) is 10.4. The number of furan rings is 1. The molecule has 0 N–H and O–H groups in total. The van der Waals surface area contributed by atoms with Crippen LogP contribution in [-0.2, 0) is 22.8 Å². The molecule has 158 valence electrons. The third-order valence-electron chi connectivity index (χ3n) is 5.98. The van der Waals surface area contributed by atoms with E-state index < -0.39 is 9.84 Å². The molecular weight excluding hydrogens is 398 g/mol. The number of aryl methyl sites for hydroxylation is 3. The quantitative estimate of drug-likeness (QED) is 0.606. The SMILES string of the molecule is CCc1ccc(CN(C(=O)c2oc3ccc(C)cc3c2C)[C@H]2CCS(=O)(=O)C2)cc1. The van der Waals surface area contributed by atoms with Crippen molar-refractivity contribution < 1.29 is 17.6 Å². The van der Waals surface area contributed by atoms with Crippen LogP contribution < -0.4 is 0 Å². The number of rotatable bonds is 5. The molecule has 0 bridgehead atoms. The number of sulfone groups is 1. The molecule has 4 rings (SSSR count). The largest absolute Gasteiger partial charge is 0.451 e. The number of amides is 1. The van der Waals surface area contributed by atoms with E-state index in [0.717, 1.165) is 28.5 Å². The Labute approximate surface area is 177 Å². The van der Waals surface area contributed by atoms with Gasteiger partial charge in [0.2, 0.25) is 0 Å². The molecule has 0 spiro atoms. The van der Waals surface area contributed by atoms with Crippen molar-refractivity contribution in [1.29, 1.82) is 0 Å². The fraction of sp³-hybridized carbons (Fsp3) is 0.375. The molecule has 0 radical (unpaired) electrons. The first-order valence-corrected chi connectivity index (χ1v) is 12.2. The van der Waals surface area contributed by atoms with E-state index in [1.165, 1.54) is 5.56 Å². The Kier molecular flexibility index (Phi) is 5.45. The molecule has 1 amide bonds. The van der Waals surface area contributed by atoms with Crippen molar-refractivity contribution in [2.45, 2.75) is 46.2 Å². The monoisotopic (exact) mass is 425 g/mol. The van der Waals surface area contributed by atoms with Gasteiger partial charge in [0.25, 0.3) is 5.91 Å². The lowest BCUT2D eigenvalue weighted by atomic mass is 10.1. The summed E-state index contributed by atoms with van der Waals surface area (Å²) in [4.78, 5) is 15.3. The Balaban J connectivity index is 1.71. The third-order valence-corrected chi connectivity index (χ3v) is 7.73. The Hall–Kier alpha value is -2.60. The molecule has 1 atom stereocenters. The van der Waals surface area contributed by atoms with Crippen LogP contribution >= 0.6 is 0 Å². The van der Waals surface area contributed by atoms with Crippen molar-refractivity contribution in [3.63, 3.8) is 0 Å². The second-order valence-electron chi connectivity index (χ2n) is 8.22. The van der Waals surface area contributed by atoms with Gasteiger partial charge >= 0.3 is 0 Å². The van der Waals surface area contributed by atoms with Crippen LogP contribution in [-0.4, -0.2) is 36.8 Å². The Morgan fingerprint density at radius 2 is 1.80 bits per heavy atom. The molecule has 2 aromatic carbocycles. The zero-order chi connectivity index (χ0) is 21.5. The van der Waals surface area contributed by atoms with E-state index in [1.807, 2.05) is 44.2 Å². The van der Waals surface area contributed by atoms with Crippen LogP contribution in [0.4, 0.5) is 0 Å². The first-order valence-electron chi connectivity index (χ1n) is 10.4. The Morgan fingerprint density at radius 3 is 2.43 bits per heavy atom. The highest BCUT2D eigenvalue weighted by Gasteiger charge is 2.36. The standard InChI is InChI=1S/C24H27NO4S/c1-4-18-6-8-19(9-7-18)14-25(20-11-12-30(27,28)15-20)24(26)23-17(3)21-13-16(2)5-10-22(21)29-23/h5-10,13,20H,4,11-12,14-15H2,1-3H3/t20-/m0/s1. The van der Waals surface area contributed by atoms with Crippen LogP contribution in [0.1, 0.15) is 46.2 Å². The lowest BCUT2D eigenvalue weighted by Crippen LogP contribution is -2.40. The summed E-state index contributed by atoms with van der Waals surface area (Å²) in [5.74, 6) is 0.173. The first kappa shape index (κ1) is 20.7. The van der Waals surface area contributed by atoms with E-state index in [9.17, 15) is 13.2 Å². The fourth-order valence-electron chi connectivity index (χ4n) is 4.13. The van der Waals surface area contributed by atoms with E-state index in [2.05, 4.69) is 19.1 Å². The predicted octanol–water partition coefficient (Wildman–Crippen LogP) is 4.44.